The number of hydrogen-bond acceptors (Lipinski definition) is 5. The molecule has 1 aromatic carbocycles. The molecule has 0 bridgehead atoms. The average molecular weight is 316 g/mol. The molecule has 3 rings (SSSR count). The van der Waals surface area contributed by atoms with Crippen molar-refractivity contribution in [1.29, 1.82) is 0 Å². The van der Waals surface area contributed by atoms with Gasteiger partial charge in [-0.25, -0.2) is 0 Å². The number of aryl methyl sites for hydroxylation is 1. The highest BCUT2D eigenvalue weighted by Gasteiger charge is 2.27. The van der Waals surface area contributed by atoms with Crippen LogP contribution in [0.1, 0.15) is 39.7 Å². The summed E-state index contributed by atoms with van der Waals surface area (Å²) in [6, 6.07) is 7.18. The van der Waals surface area contributed by atoms with Gasteiger partial charge in [0, 0.05) is 11.5 Å². The van der Waals surface area contributed by atoms with E-state index in [4.69, 9.17) is 0 Å². The lowest BCUT2D eigenvalue weighted by Gasteiger charge is -2.05. The summed E-state index contributed by atoms with van der Waals surface area (Å²) in [4.78, 5) is 23.7. The van der Waals surface area contributed by atoms with E-state index in [-0.39, 0.29) is 18.4 Å². The molecule has 0 spiro atoms. The summed E-state index contributed by atoms with van der Waals surface area (Å²) >= 11 is 1.40. The van der Waals surface area contributed by atoms with Crippen molar-refractivity contribution in [3.05, 3.63) is 40.4 Å². The number of amides is 2. The highest BCUT2D eigenvalue weighted by Crippen LogP contribution is 2.41. The van der Waals surface area contributed by atoms with Gasteiger partial charge < -0.3 is 5.32 Å². The first-order chi connectivity index (χ1) is 10.6. The molecule has 1 aromatic heterocycles. The van der Waals surface area contributed by atoms with E-state index >= 15 is 0 Å². The first-order valence-electron chi connectivity index (χ1n) is 7.10. The third kappa shape index (κ3) is 3.67. The van der Waals surface area contributed by atoms with E-state index < -0.39 is 0 Å². The molecule has 1 saturated carbocycles. The van der Waals surface area contributed by atoms with E-state index in [2.05, 4.69) is 20.8 Å². The maximum atomic E-state index is 11.9. The number of aromatic nitrogens is 2. The number of nitrogens with one attached hydrogen (secondary N) is 2. The number of carbonyl (C=O) groups is 2. The molecule has 1 fully saturated rings. The molecule has 0 atom stereocenters. The van der Waals surface area contributed by atoms with Crippen LogP contribution in [0.3, 0.4) is 0 Å². The van der Waals surface area contributed by atoms with E-state index in [9.17, 15) is 9.59 Å². The van der Waals surface area contributed by atoms with E-state index in [0.717, 1.165) is 23.4 Å². The second kappa shape index (κ2) is 6.23. The zero-order valence-electron chi connectivity index (χ0n) is 12.1. The molecule has 2 amide bonds. The molecule has 2 aromatic rings. The molecule has 22 heavy (non-hydrogen) atoms. The molecule has 0 unspecified atom stereocenters. The molecule has 114 valence electrons. The predicted octanol–water partition coefficient (Wildman–Crippen LogP) is 2.09. The van der Waals surface area contributed by atoms with Crippen molar-refractivity contribution in [2.24, 2.45) is 0 Å². The molecule has 2 N–H and O–H groups in total. The van der Waals surface area contributed by atoms with Crippen LogP contribution < -0.4 is 10.6 Å². The van der Waals surface area contributed by atoms with Crippen LogP contribution in [0.4, 0.5) is 5.13 Å². The van der Waals surface area contributed by atoms with Crippen molar-refractivity contribution in [2.75, 3.05) is 11.9 Å². The topological polar surface area (TPSA) is 84.0 Å². The molecular formula is C15H16N4O2S. The van der Waals surface area contributed by atoms with Crippen molar-refractivity contribution >= 4 is 28.3 Å². The number of nitrogens with zero attached hydrogens (tertiary/aromatic N) is 2. The number of rotatable bonds is 5. The fourth-order valence-corrected chi connectivity index (χ4v) is 2.84. The summed E-state index contributed by atoms with van der Waals surface area (Å²) in [6.45, 7) is 1.86. The average Bonchev–Trinajstić information content (AvgIpc) is 3.26. The first kappa shape index (κ1) is 14.6. The molecule has 1 aliphatic rings. The van der Waals surface area contributed by atoms with Gasteiger partial charge in [0.2, 0.25) is 11.0 Å². The van der Waals surface area contributed by atoms with Gasteiger partial charge in [-0.15, -0.1) is 10.2 Å². The molecule has 6 nitrogen and oxygen atoms in total. The fraction of sp³-hybridized carbons (Fsp3) is 0.333. The van der Waals surface area contributed by atoms with Crippen LogP contribution in [0.5, 0.6) is 0 Å². The lowest BCUT2D eigenvalue weighted by molar-refractivity contribution is -0.115. The Morgan fingerprint density at radius 3 is 2.64 bits per heavy atom. The smallest absolute Gasteiger partial charge is 0.251 e. The lowest BCUT2D eigenvalue weighted by atomic mass is 10.1. The third-order valence-corrected chi connectivity index (χ3v) is 4.34. The van der Waals surface area contributed by atoms with Crippen molar-refractivity contribution in [3.8, 4) is 0 Å². The standard InChI is InChI=1S/C15H16N4O2S/c1-9-2-4-10(5-3-9)13(21)16-8-12(20)17-15-19-18-14(22-15)11-6-7-11/h2-5,11H,6-8H2,1H3,(H,16,21)(H,17,19,20). The van der Waals surface area contributed by atoms with Crippen molar-refractivity contribution < 1.29 is 9.59 Å². The van der Waals surface area contributed by atoms with Gasteiger partial charge in [-0.1, -0.05) is 29.0 Å². The zero-order valence-corrected chi connectivity index (χ0v) is 12.9. The number of anilines is 1. The van der Waals surface area contributed by atoms with Gasteiger partial charge >= 0.3 is 0 Å². The summed E-state index contributed by atoms with van der Waals surface area (Å²) in [5, 5.41) is 14.7. The predicted molar refractivity (Wildman–Crippen MR) is 84.0 cm³/mol. The summed E-state index contributed by atoms with van der Waals surface area (Å²) in [5.74, 6) is -0.0607. The normalized spacial score (nSPS) is 13.7. The zero-order chi connectivity index (χ0) is 15.5. The van der Waals surface area contributed by atoms with Gasteiger partial charge in [0.25, 0.3) is 5.91 Å². The second-order valence-electron chi connectivity index (χ2n) is 5.32. The maximum absolute atomic E-state index is 11.9. The fourth-order valence-electron chi connectivity index (χ4n) is 1.91. The second-order valence-corrected chi connectivity index (χ2v) is 6.33. The summed E-state index contributed by atoms with van der Waals surface area (Å²) in [5.41, 5.74) is 1.61. The van der Waals surface area contributed by atoms with Gasteiger partial charge in [-0.3, -0.25) is 14.9 Å². The third-order valence-electron chi connectivity index (χ3n) is 3.34. The molecular weight excluding hydrogens is 300 g/mol. The lowest BCUT2D eigenvalue weighted by Crippen LogP contribution is -2.32. The van der Waals surface area contributed by atoms with Gasteiger partial charge in [0.15, 0.2) is 0 Å². The minimum Gasteiger partial charge on any atom is -0.343 e. The monoisotopic (exact) mass is 316 g/mol. The largest absolute Gasteiger partial charge is 0.343 e. The van der Waals surface area contributed by atoms with Gasteiger partial charge in [0.1, 0.15) is 5.01 Å². The van der Waals surface area contributed by atoms with E-state index in [1.807, 2.05) is 19.1 Å². The number of hydrogen-bond donors (Lipinski definition) is 2. The Balaban J connectivity index is 1.48. The van der Waals surface area contributed by atoms with Crippen LogP contribution in [0.2, 0.25) is 0 Å². The highest BCUT2D eigenvalue weighted by atomic mass is 32.1. The van der Waals surface area contributed by atoms with Crippen LogP contribution in [0.25, 0.3) is 0 Å². The molecule has 1 aliphatic carbocycles. The number of benzene rings is 1. The Morgan fingerprint density at radius 2 is 1.95 bits per heavy atom. The molecule has 0 aliphatic heterocycles. The van der Waals surface area contributed by atoms with Crippen LogP contribution >= 0.6 is 11.3 Å². The molecule has 1 heterocycles. The van der Waals surface area contributed by atoms with Crippen molar-refractivity contribution in [1.82, 2.24) is 15.5 Å². The Hall–Kier alpha value is -2.28. The summed E-state index contributed by atoms with van der Waals surface area (Å²) in [7, 11) is 0. The van der Waals surface area contributed by atoms with Gasteiger partial charge in [-0.2, -0.15) is 0 Å². The Morgan fingerprint density at radius 1 is 1.23 bits per heavy atom. The first-order valence-corrected chi connectivity index (χ1v) is 7.91. The maximum Gasteiger partial charge on any atom is 0.251 e. The summed E-state index contributed by atoms with van der Waals surface area (Å²) < 4.78 is 0. The van der Waals surface area contributed by atoms with Gasteiger partial charge in [-0.05, 0) is 31.9 Å². The minimum absolute atomic E-state index is 0.0922. The number of carbonyl (C=O) groups excluding carboxylic acids is 2. The Kier molecular flexibility index (Phi) is 4.15. The molecule has 7 heteroatoms. The van der Waals surface area contributed by atoms with E-state index in [1.165, 1.54) is 11.3 Å². The SMILES string of the molecule is Cc1ccc(C(=O)NCC(=O)Nc2nnc(C3CC3)s2)cc1. The van der Waals surface area contributed by atoms with Crippen LogP contribution in [-0.4, -0.2) is 28.6 Å². The molecule has 0 radical (unpaired) electrons. The van der Waals surface area contributed by atoms with Crippen LogP contribution in [-0.2, 0) is 4.79 Å². The van der Waals surface area contributed by atoms with E-state index in [1.54, 1.807) is 12.1 Å². The van der Waals surface area contributed by atoms with Gasteiger partial charge in [0.05, 0.1) is 6.54 Å². The Bertz CT molecular complexity index is 692. The summed E-state index contributed by atoms with van der Waals surface area (Å²) in [6.07, 6.45) is 2.30. The van der Waals surface area contributed by atoms with Crippen molar-refractivity contribution in [3.63, 3.8) is 0 Å². The quantitative estimate of drug-likeness (QED) is 0.884. The van der Waals surface area contributed by atoms with Crippen molar-refractivity contribution in [2.45, 2.75) is 25.7 Å². The highest BCUT2D eigenvalue weighted by molar-refractivity contribution is 7.15. The molecule has 0 saturated heterocycles. The van der Waals surface area contributed by atoms with Crippen LogP contribution in [0.15, 0.2) is 24.3 Å². The minimum atomic E-state index is -0.307. The van der Waals surface area contributed by atoms with E-state index in [0.29, 0.717) is 16.6 Å². The van der Waals surface area contributed by atoms with Crippen LogP contribution in [0, 0.1) is 6.92 Å². The Labute approximate surface area is 132 Å².